The van der Waals surface area contributed by atoms with E-state index in [0.717, 1.165) is 21.8 Å². The molecule has 0 radical (unpaired) electrons. The average molecular weight is 400 g/mol. The molecule has 1 aliphatic heterocycles. The summed E-state index contributed by atoms with van der Waals surface area (Å²) in [5.74, 6) is -1.91. The van der Waals surface area contributed by atoms with Gasteiger partial charge in [-0.05, 0) is 25.8 Å². The third-order valence-electron chi connectivity index (χ3n) is 5.05. The van der Waals surface area contributed by atoms with Crippen LogP contribution >= 0.6 is 11.3 Å². The molecule has 1 aliphatic carbocycles. The molecule has 2 unspecified atom stereocenters. The molecule has 28 heavy (non-hydrogen) atoms. The van der Waals surface area contributed by atoms with E-state index in [0.29, 0.717) is 23.1 Å². The highest BCUT2D eigenvalue weighted by molar-refractivity contribution is 7.22. The van der Waals surface area contributed by atoms with Gasteiger partial charge < -0.3 is 5.32 Å². The second-order valence-electron chi connectivity index (χ2n) is 6.94. The zero-order valence-electron chi connectivity index (χ0n) is 14.9. The van der Waals surface area contributed by atoms with E-state index < -0.39 is 10.8 Å². The lowest BCUT2D eigenvalue weighted by molar-refractivity contribution is -0.384. The van der Waals surface area contributed by atoms with Crippen molar-refractivity contribution in [2.45, 2.75) is 19.8 Å². The number of carbonyl (C=O) groups excluding carboxylic acids is 3. The predicted octanol–water partition coefficient (Wildman–Crippen LogP) is 2.48. The van der Waals surface area contributed by atoms with Gasteiger partial charge in [0.25, 0.3) is 5.69 Å². The van der Waals surface area contributed by atoms with Crippen molar-refractivity contribution < 1.29 is 19.3 Å². The van der Waals surface area contributed by atoms with Gasteiger partial charge in [0.15, 0.2) is 5.13 Å². The fourth-order valence-corrected chi connectivity index (χ4v) is 4.56. The van der Waals surface area contributed by atoms with Gasteiger partial charge in [-0.15, -0.1) is 0 Å². The number of nitrogens with one attached hydrogen (secondary N) is 1. The summed E-state index contributed by atoms with van der Waals surface area (Å²) in [6.45, 7) is 1.57. The SMILES string of the molecule is CC1=CCC2C(=O)N(CC(=O)Nc3nc4ccc([N+](=O)[O-])cc4s3)C(=O)C2C1. The number of hydrogen-bond donors (Lipinski definition) is 1. The van der Waals surface area contributed by atoms with Crippen molar-refractivity contribution in [3.8, 4) is 0 Å². The highest BCUT2D eigenvalue weighted by Crippen LogP contribution is 2.37. The third kappa shape index (κ3) is 3.15. The van der Waals surface area contributed by atoms with Crippen molar-refractivity contribution in [3.05, 3.63) is 40.0 Å². The topological polar surface area (TPSA) is 123 Å². The maximum absolute atomic E-state index is 12.5. The van der Waals surface area contributed by atoms with Gasteiger partial charge in [-0.2, -0.15) is 0 Å². The van der Waals surface area contributed by atoms with Gasteiger partial charge in [-0.25, -0.2) is 4.98 Å². The lowest BCUT2D eigenvalue weighted by atomic mass is 9.82. The van der Waals surface area contributed by atoms with Crippen molar-refractivity contribution in [1.29, 1.82) is 0 Å². The number of amides is 3. The molecule has 1 saturated heterocycles. The number of nitrogens with zero attached hydrogens (tertiary/aromatic N) is 3. The highest BCUT2D eigenvalue weighted by Gasteiger charge is 2.48. The summed E-state index contributed by atoms with van der Waals surface area (Å²) in [5, 5.41) is 13.7. The van der Waals surface area contributed by atoms with Crippen LogP contribution in [0.25, 0.3) is 10.2 Å². The smallest absolute Gasteiger partial charge is 0.270 e. The second kappa shape index (κ2) is 6.79. The van der Waals surface area contributed by atoms with Gasteiger partial charge in [0.05, 0.1) is 27.0 Å². The molecule has 0 saturated carbocycles. The molecular weight excluding hydrogens is 384 g/mol. The lowest BCUT2D eigenvalue weighted by Gasteiger charge is -2.19. The number of hydrogen-bond acceptors (Lipinski definition) is 7. The Balaban J connectivity index is 1.46. The molecule has 2 aromatic rings. The van der Waals surface area contributed by atoms with Gasteiger partial charge in [-0.3, -0.25) is 29.4 Å². The largest absolute Gasteiger partial charge is 0.300 e. The maximum Gasteiger partial charge on any atom is 0.270 e. The third-order valence-corrected chi connectivity index (χ3v) is 5.98. The van der Waals surface area contributed by atoms with Gasteiger partial charge >= 0.3 is 0 Å². The van der Waals surface area contributed by atoms with Crippen LogP contribution in [-0.2, 0) is 14.4 Å². The first-order chi connectivity index (χ1) is 13.3. The Labute approximate surface area is 163 Å². The van der Waals surface area contributed by atoms with Crippen LogP contribution in [0.5, 0.6) is 0 Å². The summed E-state index contributed by atoms with van der Waals surface area (Å²) in [6.07, 6.45) is 3.04. The van der Waals surface area contributed by atoms with Gasteiger partial charge in [0, 0.05) is 12.1 Å². The summed E-state index contributed by atoms with van der Waals surface area (Å²) in [6, 6.07) is 4.23. The van der Waals surface area contributed by atoms with E-state index in [1.54, 1.807) is 0 Å². The van der Waals surface area contributed by atoms with Gasteiger partial charge in [0.2, 0.25) is 17.7 Å². The van der Waals surface area contributed by atoms with Crippen LogP contribution in [0.2, 0.25) is 0 Å². The van der Waals surface area contributed by atoms with Gasteiger partial charge in [0.1, 0.15) is 6.54 Å². The number of nitro benzene ring substituents is 1. The first-order valence-corrected chi connectivity index (χ1v) is 9.51. The Hall–Kier alpha value is -3.14. The number of nitro groups is 1. The fraction of sp³-hybridized carbons (Fsp3) is 0.333. The quantitative estimate of drug-likeness (QED) is 0.364. The van der Waals surface area contributed by atoms with Crippen molar-refractivity contribution in [3.63, 3.8) is 0 Å². The minimum absolute atomic E-state index is 0.0613. The second-order valence-corrected chi connectivity index (χ2v) is 7.97. The van der Waals surface area contributed by atoms with E-state index in [1.165, 1.54) is 18.2 Å². The number of rotatable bonds is 4. The summed E-state index contributed by atoms with van der Waals surface area (Å²) in [5.41, 5.74) is 1.54. The van der Waals surface area contributed by atoms with Crippen molar-refractivity contribution in [2.24, 2.45) is 11.8 Å². The van der Waals surface area contributed by atoms with Crippen LogP contribution in [0.1, 0.15) is 19.8 Å². The monoisotopic (exact) mass is 400 g/mol. The molecule has 2 atom stereocenters. The number of carbonyl (C=O) groups is 3. The molecule has 2 heterocycles. The predicted molar refractivity (Wildman–Crippen MR) is 102 cm³/mol. The summed E-state index contributed by atoms with van der Waals surface area (Å²) < 4.78 is 0.561. The first kappa shape index (κ1) is 18.2. The number of benzene rings is 1. The Morgan fingerprint density at radius 2 is 2.11 bits per heavy atom. The van der Waals surface area contributed by atoms with Crippen LogP contribution in [-0.4, -0.2) is 39.1 Å². The zero-order chi connectivity index (χ0) is 20.0. The molecule has 144 valence electrons. The van der Waals surface area contributed by atoms with Gasteiger partial charge in [-0.1, -0.05) is 23.0 Å². The Kier molecular flexibility index (Phi) is 4.42. The number of thiazole rings is 1. The zero-order valence-corrected chi connectivity index (χ0v) is 15.7. The van der Waals surface area contributed by atoms with E-state index in [-0.39, 0.29) is 41.0 Å². The molecule has 1 fully saturated rings. The Bertz CT molecular complexity index is 1060. The molecule has 0 bridgehead atoms. The van der Waals surface area contributed by atoms with Crippen LogP contribution < -0.4 is 5.32 Å². The van der Waals surface area contributed by atoms with E-state index in [2.05, 4.69) is 10.3 Å². The molecule has 1 aromatic heterocycles. The fourth-order valence-electron chi connectivity index (χ4n) is 3.64. The highest BCUT2D eigenvalue weighted by atomic mass is 32.1. The van der Waals surface area contributed by atoms with Crippen LogP contribution in [0.15, 0.2) is 29.8 Å². The number of aromatic nitrogens is 1. The average Bonchev–Trinajstić information content (AvgIpc) is 3.14. The normalized spacial score (nSPS) is 21.6. The van der Waals surface area contributed by atoms with E-state index in [4.69, 9.17) is 0 Å². The minimum atomic E-state index is -0.529. The Morgan fingerprint density at radius 1 is 1.36 bits per heavy atom. The molecule has 9 nitrogen and oxygen atoms in total. The number of non-ortho nitro benzene ring substituents is 1. The first-order valence-electron chi connectivity index (χ1n) is 8.69. The molecule has 0 spiro atoms. The van der Waals surface area contributed by atoms with Crippen molar-refractivity contribution in [2.75, 3.05) is 11.9 Å². The van der Waals surface area contributed by atoms with Crippen LogP contribution in [0, 0.1) is 22.0 Å². The minimum Gasteiger partial charge on any atom is -0.300 e. The molecule has 3 amide bonds. The van der Waals surface area contributed by atoms with E-state index in [9.17, 15) is 24.5 Å². The number of anilines is 1. The number of allylic oxidation sites excluding steroid dienone is 2. The maximum atomic E-state index is 12.5. The molecule has 10 heteroatoms. The van der Waals surface area contributed by atoms with E-state index in [1.807, 2.05) is 13.0 Å². The van der Waals surface area contributed by atoms with Crippen LogP contribution in [0.3, 0.4) is 0 Å². The standard InChI is InChI=1S/C18H16N4O5S/c1-9-2-4-11-12(6-9)17(25)21(16(11)24)8-15(23)20-18-19-13-5-3-10(22(26)27)7-14(13)28-18/h2-3,5,7,11-12H,4,6,8H2,1H3,(H,19,20,23). The van der Waals surface area contributed by atoms with E-state index >= 15 is 0 Å². The molecule has 1 N–H and O–H groups in total. The molecule has 1 aromatic carbocycles. The molecule has 4 rings (SSSR count). The number of imide groups is 1. The summed E-state index contributed by atoms with van der Waals surface area (Å²) in [7, 11) is 0. The Morgan fingerprint density at radius 3 is 2.86 bits per heavy atom. The van der Waals surface area contributed by atoms with Crippen LogP contribution in [0.4, 0.5) is 10.8 Å². The number of likely N-dealkylation sites (tertiary alicyclic amines) is 1. The number of fused-ring (bicyclic) bond motifs is 2. The molecular formula is C18H16N4O5S. The summed E-state index contributed by atoms with van der Waals surface area (Å²) >= 11 is 1.09. The molecule has 2 aliphatic rings. The summed E-state index contributed by atoms with van der Waals surface area (Å²) in [4.78, 5) is 53.0. The lowest BCUT2D eigenvalue weighted by Crippen LogP contribution is -2.38. The van der Waals surface area contributed by atoms with Crippen molar-refractivity contribution in [1.82, 2.24) is 9.88 Å². The van der Waals surface area contributed by atoms with Crippen molar-refractivity contribution >= 4 is 50.1 Å².